The monoisotopic (exact) mass is 198 g/mol. The molecule has 0 bridgehead atoms. The smallest absolute Gasteiger partial charge is 0.127 e. The van der Waals surface area contributed by atoms with Crippen molar-refractivity contribution in [1.29, 1.82) is 5.26 Å². The van der Waals surface area contributed by atoms with Gasteiger partial charge in [-0.3, -0.25) is 0 Å². The molecule has 1 unspecified atom stereocenters. The van der Waals surface area contributed by atoms with E-state index >= 15 is 0 Å². The summed E-state index contributed by atoms with van der Waals surface area (Å²) in [5, 5.41) is 11.8. The zero-order valence-corrected chi connectivity index (χ0v) is 9.76. The van der Waals surface area contributed by atoms with Crippen LogP contribution >= 0.6 is 0 Å². The lowest BCUT2D eigenvalue weighted by Crippen LogP contribution is -2.42. The lowest BCUT2D eigenvalue weighted by atomic mass is 10.1. The van der Waals surface area contributed by atoms with Crippen LogP contribution in [0.5, 0.6) is 0 Å². The molecule has 0 aromatic rings. The van der Waals surface area contributed by atoms with E-state index in [0.29, 0.717) is 6.61 Å². The van der Waals surface area contributed by atoms with Gasteiger partial charge in [0.05, 0.1) is 12.7 Å². The first kappa shape index (κ1) is 13.4. The molecule has 0 spiro atoms. The third kappa shape index (κ3) is 5.95. The van der Waals surface area contributed by atoms with E-state index in [-0.39, 0.29) is 0 Å². The highest BCUT2D eigenvalue weighted by Gasteiger charge is 2.20. The van der Waals surface area contributed by atoms with Gasteiger partial charge in [0, 0.05) is 6.61 Å². The second kappa shape index (κ2) is 6.80. The van der Waals surface area contributed by atoms with Gasteiger partial charge in [0.15, 0.2) is 0 Å². The number of hydrogen-bond acceptors (Lipinski definition) is 3. The Balaban J connectivity index is 3.49. The summed E-state index contributed by atoms with van der Waals surface area (Å²) in [5.74, 6) is 0.727. The van der Waals surface area contributed by atoms with E-state index in [4.69, 9.17) is 10.00 Å². The minimum atomic E-state index is -0.544. The summed E-state index contributed by atoms with van der Waals surface area (Å²) in [6, 6.07) is 2.19. The molecule has 0 amide bonds. The van der Waals surface area contributed by atoms with Crippen LogP contribution in [0.25, 0.3) is 0 Å². The summed E-state index contributed by atoms with van der Waals surface area (Å²) < 4.78 is 5.45. The minimum absolute atomic E-state index is 0.456. The van der Waals surface area contributed by atoms with Gasteiger partial charge >= 0.3 is 0 Å². The maximum atomic E-state index is 8.84. The van der Waals surface area contributed by atoms with Gasteiger partial charge in [-0.1, -0.05) is 13.8 Å². The minimum Gasteiger partial charge on any atom is -0.378 e. The number of hydrogen-bond donors (Lipinski definition) is 1. The van der Waals surface area contributed by atoms with E-state index in [0.717, 1.165) is 18.9 Å². The van der Waals surface area contributed by atoms with E-state index in [1.165, 1.54) is 6.42 Å². The standard InChI is InChI=1S/C11H22N2O/c1-10(2)6-5-7-14-9-11(3,8-12)13-4/h10,13H,5-7,9H2,1-4H3. The van der Waals surface area contributed by atoms with Gasteiger partial charge in [0.1, 0.15) is 5.54 Å². The topological polar surface area (TPSA) is 45.0 Å². The van der Waals surface area contributed by atoms with E-state index in [1.54, 1.807) is 7.05 Å². The molecule has 0 aliphatic heterocycles. The normalized spacial score (nSPS) is 15.1. The van der Waals surface area contributed by atoms with Gasteiger partial charge in [-0.25, -0.2) is 0 Å². The fourth-order valence-corrected chi connectivity index (χ4v) is 1.03. The van der Waals surface area contributed by atoms with Gasteiger partial charge in [0.25, 0.3) is 0 Å². The summed E-state index contributed by atoms with van der Waals surface area (Å²) in [6.45, 7) is 7.45. The van der Waals surface area contributed by atoms with Crippen LogP contribution in [-0.4, -0.2) is 25.8 Å². The van der Waals surface area contributed by atoms with Crippen LogP contribution in [0.2, 0.25) is 0 Å². The molecule has 3 nitrogen and oxygen atoms in total. The van der Waals surface area contributed by atoms with E-state index in [9.17, 15) is 0 Å². The molecular formula is C11H22N2O. The molecule has 3 heteroatoms. The fourth-order valence-electron chi connectivity index (χ4n) is 1.03. The van der Waals surface area contributed by atoms with Gasteiger partial charge in [-0.2, -0.15) is 5.26 Å². The van der Waals surface area contributed by atoms with Crippen LogP contribution in [0.1, 0.15) is 33.6 Å². The number of nitriles is 1. The lowest BCUT2D eigenvalue weighted by molar-refractivity contribution is 0.0935. The SMILES string of the molecule is CNC(C)(C#N)COCCCC(C)C. The largest absolute Gasteiger partial charge is 0.378 e. The van der Waals surface area contributed by atoms with Gasteiger partial charge in [-0.15, -0.1) is 0 Å². The number of nitrogens with one attached hydrogen (secondary N) is 1. The van der Waals surface area contributed by atoms with Crippen LogP contribution < -0.4 is 5.32 Å². The number of rotatable bonds is 7. The zero-order chi connectivity index (χ0) is 11.0. The summed E-state index contributed by atoms with van der Waals surface area (Å²) in [4.78, 5) is 0. The van der Waals surface area contributed by atoms with Crippen molar-refractivity contribution in [2.75, 3.05) is 20.3 Å². The van der Waals surface area contributed by atoms with Gasteiger partial charge in [-0.05, 0) is 32.7 Å². The first-order valence-electron chi connectivity index (χ1n) is 5.22. The molecule has 1 atom stereocenters. The fraction of sp³-hybridized carbons (Fsp3) is 0.909. The Labute approximate surface area is 87.4 Å². The highest BCUT2D eigenvalue weighted by Crippen LogP contribution is 2.05. The Morgan fingerprint density at radius 3 is 2.57 bits per heavy atom. The predicted octanol–water partition coefficient (Wildman–Crippen LogP) is 1.94. The highest BCUT2D eigenvalue weighted by molar-refractivity contribution is 5.02. The molecule has 0 saturated heterocycles. The summed E-state index contributed by atoms with van der Waals surface area (Å²) >= 11 is 0. The van der Waals surface area contributed by atoms with Crippen molar-refractivity contribution in [3.8, 4) is 6.07 Å². The van der Waals surface area contributed by atoms with Crippen molar-refractivity contribution in [2.24, 2.45) is 5.92 Å². The number of likely N-dealkylation sites (N-methyl/N-ethyl adjacent to an activating group) is 1. The second-order valence-electron chi connectivity index (χ2n) is 4.28. The first-order valence-corrected chi connectivity index (χ1v) is 5.22. The Hall–Kier alpha value is -0.590. The van der Waals surface area contributed by atoms with Crippen molar-refractivity contribution in [2.45, 2.75) is 39.2 Å². The molecule has 0 fully saturated rings. The van der Waals surface area contributed by atoms with Crippen LogP contribution in [0.15, 0.2) is 0 Å². The maximum absolute atomic E-state index is 8.84. The zero-order valence-electron chi connectivity index (χ0n) is 9.76. The summed E-state index contributed by atoms with van der Waals surface area (Å²) in [5.41, 5.74) is -0.544. The summed E-state index contributed by atoms with van der Waals surface area (Å²) in [6.07, 6.45) is 2.26. The van der Waals surface area contributed by atoms with E-state index in [1.807, 2.05) is 6.92 Å². The highest BCUT2D eigenvalue weighted by atomic mass is 16.5. The van der Waals surface area contributed by atoms with Crippen LogP contribution in [0, 0.1) is 17.2 Å². The van der Waals surface area contributed by atoms with Crippen LogP contribution in [0.3, 0.4) is 0 Å². The molecule has 0 aliphatic rings. The Kier molecular flexibility index (Phi) is 6.52. The Bertz CT molecular complexity index is 186. The van der Waals surface area contributed by atoms with Crippen molar-refractivity contribution < 1.29 is 4.74 Å². The molecule has 0 saturated carbocycles. The van der Waals surface area contributed by atoms with Crippen LogP contribution in [-0.2, 0) is 4.74 Å². The van der Waals surface area contributed by atoms with Crippen molar-refractivity contribution >= 4 is 0 Å². The Morgan fingerprint density at radius 1 is 1.50 bits per heavy atom. The third-order valence-corrected chi connectivity index (χ3v) is 2.26. The molecular weight excluding hydrogens is 176 g/mol. The molecule has 0 aromatic carbocycles. The molecule has 0 aliphatic carbocycles. The second-order valence-corrected chi connectivity index (χ2v) is 4.28. The quantitative estimate of drug-likeness (QED) is 0.636. The van der Waals surface area contributed by atoms with E-state index in [2.05, 4.69) is 25.2 Å². The van der Waals surface area contributed by atoms with Gasteiger partial charge < -0.3 is 10.1 Å². The maximum Gasteiger partial charge on any atom is 0.127 e. The third-order valence-electron chi connectivity index (χ3n) is 2.26. The lowest BCUT2D eigenvalue weighted by Gasteiger charge is -2.20. The molecule has 14 heavy (non-hydrogen) atoms. The predicted molar refractivity (Wildman–Crippen MR) is 58.0 cm³/mol. The molecule has 0 radical (unpaired) electrons. The average molecular weight is 198 g/mol. The van der Waals surface area contributed by atoms with E-state index < -0.39 is 5.54 Å². The van der Waals surface area contributed by atoms with Crippen molar-refractivity contribution in [3.05, 3.63) is 0 Å². The van der Waals surface area contributed by atoms with Gasteiger partial charge in [0.2, 0.25) is 0 Å². The molecule has 0 aromatic heterocycles. The van der Waals surface area contributed by atoms with Crippen molar-refractivity contribution in [3.63, 3.8) is 0 Å². The molecule has 0 heterocycles. The molecule has 82 valence electrons. The molecule has 0 rings (SSSR count). The Morgan fingerprint density at radius 2 is 2.14 bits per heavy atom. The first-order chi connectivity index (χ1) is 6.54. The van der Waals surface area contributed by atoms with Crippen molar-refractivity contribution in [1.82, 2.24) is 5.32 Å². The molecule has 1 N–H and O–H groups in total. The summed E-state index contributed by atoms with van der Waals surface area (Å²) in [7, 11) is 1.78. The average Bonchev–Trinajstić information content (AvgIpc) is 2.16. The number of ether oxygens (including phenoxy) is 1. The van der Waals surface area contributed by atoms with Crippen LogP contribution in [0.4, 0.5) is 0 Å². The number of nitrogens with zero attached hydrogens (tertiary/aromatic N) is 1.